The van der Waals surface area contributed by atoms with E-state index in [0.717, 1.165) is 24.1 Å². The van der Waals surface area contributed by atoms with Crippen LogP contribution >= 0.6 is 11.6 Å². The minimum absolute atomic E-state index is 0.00368. The molecule has 2 aliphatic rings. The summed E-state index contributed by atoms with van der Waals surface area (Å²) in [7, 11) is 0. The molecular formula is C27H37ClN6O4. The second-order valence-corrected chi connectivity index (χ2v) is 11.8. The normalized spacial score (nSPS) is 21.7. The van der Waals surface area contributed by atoms with Gasteiger partial charge in [0, 0.05) is 24.7 Å². The fourth-order valence-corrected chi connectivity index (χ4v) is 5.58. The summed E-state index contributed by atoms with van der Waals surface area (Å²) in [6.07, 6.45) is 4.53. The molecule has 3 heterocycles. The number of hydrogen-bond donors (Lipinski definition) is 1. The van der Waals surface area contributed by atoms with Crippen LogP contribution in [0.4, 0.5) is 4.79 Å². The molecule has 2 aromatic rings. The number of likely N-dealkylation sites (tertiary alicyclic amines) is 2. The Morgan fingerprint density at radius 3 is 2.58 bits per heavy atom. The fraction of sp³-hybridized carbons (Fsp3) is 0.593. The number of ether oxygens (including phenoxy) is 1. The average molecular weight is 545 g/mol. The van der Waals surface area contributed by atoms with Gasteiger partial charge < -0.3 is 15.0 Å². The highest BCUT2D eigenvalue weighted by Crippen LogP contribution is 2.34. The Morgan fingerprint density at radius 2 is 1.92 bits per heavy atom. The summed E-state index contributed by atoms with van der Waals surface area (Å²) in [5.74, 6) is -0.223. The second-order valence-electron chi connectivity index (χ2n) is 11.3. The topological polar surface area (TPSA) is 110 Å². The van der Waals surface area contributed by atoms with Crippen molar-refractivity contribution >= 4 is 29.5 Å². The number of nitrogens with one attached hydrogen (secondary N) is 1. The molecule has 0 spiro atoms. The van der Waals surface area contributed by atoms with Gasteiger partial charge in [-0.2, -0.15) is 5.10 Å². The third-order valence-corrected chi connectivity index (χ3v) is 7.42. The molecule has 1 aromatic heterocycles. The Balaban J connectivity index is 1.49. The predicted molar refractivity (Wildman–Crippen MR) is 143 cm³/mol. The second kappa shape index (κ2) is 11.3. The van der Waals surface area contributed by atoms with Gasteiger partial charge in [-0.15, -0.1) is 0 Å². The van der Waals surface area contributed by atoms with Crippen molar-refractivity contribution < 1.29 is 19.1 Å². The minimum atomic E-state index is -0.665. The molecule has 0 bridgehead atoms. The molecule has 11 heteroatoms. The summed E-state index contributed by atoms with van der Waals surface area (Å²) in [4.78, 5) is 47.5. The van der Waals surface area contributed by atoms with E-state index in [0.29, 0.717) is 24.5 Å². The maximum absolute atomic E-state index is 13.9. The zero-order valence-corrected chi connectivity index (χ0v) is 23.4. The van der Waals surface area contributed by atoms with E-state index in [1.54, 1.807) is 32.9 Å². The molecule has 206 valence electrons. The minimum Gasteiger partial charge on any atom is -0.444 e. The standard InChI is InChI=1S/C27H37ClN6O4/c1-17(2)20-10-12-33(26(37)38-27(3,4)5)23(20)25(36)32-11-6-7-22(32)24(35)30-14-18-13-19(28)8-9-21(18)34-16-29-15-31-34/h8-9,13,15-17,20,22-23H,6-7,10-12,14H2,1-5H3,(H,30,35)/t20?,22-,23?/m0/s1. The lowest BCUT2D eigenvalue weighted by molar-refractivity contribution is -0.143. The van der Waals surface area contributed by atoms with Gasteiger partial charge in [0.05, 0.1) is 5.69 Å². The van der Waals surface area contributed by atoms with Crippen molar-refractivity contribution in [3.05, 3.63) is 41.4 Å². The highest BCUT2D eigenvalue weighted by atomic mass is 35.5. The van der Waals surface area contributed by atoms with E-state index in [4.69, 9.17) is 16.3 Å². The Kier molecular flexibility index (Phi) is 8.30. The number of hydrogen-bond acceptors (Lipinski definition) is 6. The van der Waals surface area contributed by atoms with Crippen LogP contribution in [-0.2, 0) is 20.9 Å². The van der Waals surface area contributed by atoms with E-state index in [1.807, 2.05) is 26.8 Å². The van der Waals surface area contributed by atoms with Gasteiger partial charge in [-0.25, -0.2) is 14.5 Å². The van der Waals surface area contributed by atoms with Crippen LogP contribution < -0.4 is 5.32 Å². The molecule has 0 radical (unpaired) electrons. The van der Waals surface area contributed by atoms with Crippen molar-refractivity contribution in [2.24, 2.45) is 11.8 Å². The van der Waals surface area contributed by atoms with Crippen molar-refractivity contribution in [2.75, 3.05) is 13.1 Å². The maximum atomic E-state index is 13.9. The summed E-state index contributed by atoms with van der Waals surface area (Å²) < 4.78 is 7.23. The molecule has 3 atom stereocenters. The molecule has 2 unspecified atom stereocenters. The van der Waals surface area contributed by atoms with Gasteiger partial charge in [0.25, 0.3) is 0 Å². The average Bonchev–Trinajstić information content (AvgIpc) is 3.61. The van der Waals surface area contributed by atoms with Crippen LogP contribution in [0, 0.1) is 11.8 Å². The number of nitrogens with zero attached hydrogens (tertiary/aromatic N) is 5. The molecule has 1 aromatic carbocycles. The van der Waals surface area contributed by atoms with Crippen molar-refractivity contribution in [2.45, 2.75) is 78.1 Å². The number of aromatic nitrogens is 3. The summed E-state index contributed by atoms with van der Waals surface area (Å²) in [5.41, 5.74) is 0.867. The quantitative estimate of drug-likeness (QED) is 0.592. The summed E-state index contributed by atoms with van der Waals surface area (Å²) in [5, 5.41) is 7.71. The van der Waals surface area contributed by atoms with Gasteiger partial charge in [-0.3, -0.25) is 14.5 Å². The van der Waals surface area contributed by atoms with Gasteiger partial charge in [-0.05, 0) is 75.6 Å². The third kappa shape index (κ3) is 6.11. The van der Waals surface area contributed by atoms with Crippen molar-refractivity contribution in [3.63, 3.8) is 0 Å². The van der Waals surface area contributed by atoms with Gasteiger partial charge in [0.15, 0.2) is 0 Å². The number of halogens is 1. The SMILES string of the molecule is CC(C)C1CCN(C(=O)OC(C)(C)C)C1C(=O)N1CCC[C@H]1C(=O)NCc1cc(Cl)ccc1-n1cncn1. The summed E-state index contributed by atoms with van der Waals surface area (Å²) in [6, 6.07) is 4.10. The smallest absolute Gasteiger partial charge is 0.410 e. The molecule has 38 heavy (non-hydrogen) atoms. The van der Waals surface area contributed by atoms with E-state index in [-0.39, 0.29) is 30.2 Å². The van der Waals surface area contributed by atoms with Crippen molar-refractivity contribution in [3.8, 4) is 5.69 Å². The first-order valence-corrected chi connectivity index (χ1v) is 13.6. The van der Waals surface area contributed by atoms with Crippen LogP contribution in [0.15, 0.2) is 30.9 Å². The largest absolute Gasteiger partial charge is 0.444 e. The Hall–Kier alpha value is -3.14. The Bertz CT molecular complexity index is 1160. The van der Waals surface area contributed by atoms with Crippen LogP contribution in [0.5, 0.6) is 0 Å². The molecule has 10 nitrogen and oxygen atoms in total. The van der Waals surface area contributed by atoms with Crippen LogP contribution in [0.2, 0.25) is 5.02 Å². The van der Waals surface area contributed by atoms with Gasteiger partial charge in [-0.1, -0.05) is 25.4 Å². The first-order valence-electron chi connectivity index (χ1n) is 13.2. The molecule has 2 fully saturated rings. The monoisotopic (exact) mass is 544 g/mol. The molecule has 1 N–H and O–H groups in total. The zero-order chi connectivity index (χ0) is 27.6. The van der Waals surface area contributed by atoms with Crippen LogP contribution in [0.1, 0.15) is 59.4 Å². The summed E-state index contributed by atoms with van der Waals surface area (Å²) >= 11 is 6.22. The molecule has 4 rings (SSSR count). The number of rotatable bonds is 6. The number of benzene rings is 1. The fourth-order valence-electron chi connectivity index (χ4n) is 5.38. The molecule has 0 saturated carbocycles. The lowest BCUT2D eigenvalue weighted by Gasteiger charge is -2.35. The lowest BCUT2D eigenvalue weighted by atomic mass is 9.88. The van der Waals surface area contributed by atoms with Gasteiger partial charge >= 0.3 is 6.09 Å². The number of carbonyl (C=O) groups excluding carboxylic acids is 3. The zero-order valence-electron chi connectivity index (χ0n) is 22.7. The number of amides is 3. The first kappa shape index (κ1) is 27.9. The van der Waals surface area contributed by atoms with Crippen LogP contribution in [0.3, 0.4) is 0 Å². The van der Waals surface area contributed by atoms with E-state index in [2.05, 4.69) is 29.2 Å². The maximum Gasteiger partial charge on any atom is 0.410 e. The molecule has 2 aliphatic heterocycles. The Labute approximate surface area is 228 Å². The highest BCUT2D eigenvalue weighted by molar-refractivity contribution is 6.30. The van der Waals surface area contributed by atoms with Gasteiger partial charge in [0.1, 0.15) is 30.3 Å². The lowest BCUT2D eigenvalue weighted by Crippen LogP contribution is -2.55. The van der Waals surface area contributed by atoms with Crippen LogP contribution in [-0.4, -0.2) is 73.2 Å². The predicted octanol–water partition coefficient (Wildman–Crippen LogP) is 3.81. The van der Waals surface area contributed by atoms with Crippen molar-refractivity contribution in [1.82, 2.24) is 29.9 Å². The molecule has 3 amide bonds. The molecule has 0 aliphatic carbocycles. The molecular weight excluding hydrogens is 508 g/mol. The summed E-state index contributed by atoms with van der Waals surface area (Å²) in [6.45, 7) is 10.7. The Morgan fingerprint density at radius 1 is 1.16 bits per heavy atom. The van der Waals surface area contributed by atoms with Gasteiger partial charge in [0.2, 0.25) is 11.8 Å². The first-order chi connectivity index (χ1) is 18.0. The third-order valence-electron chi connectivity index (χ3n) is 7.18. The highest BCUT2D eigenvalue weighted by Gasteiger charge is 2.48. The van der Waals surface area contributed by atoms with E-state index < -0.39 is 23.8 Å². The number of carbonyl (C=O) groups is 3. The van der Waals surface area contributed by atoms with E-state index in [1.165, 1.54) is 6.33 Å². The van der Waals surface area contributed by atoms with E-state index >= 15 is 0 Å². The van der Waals surface area contributed by atoms with Crippen molar-refractivity contribution in [1.29, 1.82) is 0 Å². The van der Waals surface area contributed by atoms with E-state index in [9.17, 15) is 14.4 Å². The van der Waals surface area contributed by atoms with Crippen LogP contribution in [0.25, 0.3) is 5.69 Å². The molecule has 2 saturated heterocycles.